The molecule has 3 rings (SSSR count). The van der Waals surface area contributed by atoms with Crippen molar-refractivity contribution in [3.8, 4) is 0 Å². The van der Waals surface area contributed by atoms with Crippen LogP contribution >= 0.6 is 0 Å². The lowest BCUT2D eigenvalue weighted by Gasteiger charge is -2.32. The molecule has 1 fully saturated rings. The number of aliphatic hydroxyl groups excluding tert-OH is 1. The van der Waals surface area contributed by atoms with E-state index >= 15 is 0 Å². The first-order valence-corrected chi connectivity index (χ1v) is 8.40. The smallest absolute Gasteiger partial charge is 0.287 e. The molecule has 25 heavy (non-hydrogen) atoms. The van der Waals surface area contributed by atoms with Crippen molar-refractivity contribution in [2.45, 2.75) is 32.1 Å². The van der Waals surface area contributed by atoms with Crippen LogP contribution in [0, 0.1) is 0 Å². The van der Waals surface area contributed by atoms with E-state index in [9.17, 15) is 9.90 Å². The van der Waals surface area contributed by atoms with Crippen LogP contribution in [0.4, 0.5) is 5.82 Å². The van der Waals surface area contributed by atoms with Gasteiger partial charge in [0.25, 0.3) is 5.91 Å². The zero-order valence-corrected chi connectivity index (χ0v) is 14.3. The minimum atomic E-state index is -0.333. The summed E-state index contributed by atoms with van der Waals surface area (Å²) in [6.07, 6.45) is 3.14. The first kappa shape index (κ1) is 17.4. The maximum absolute atomic E-state index is 12.3. The summed E-state index contributed by atoms with van der Waals surface area (Å²) in [5, 5.41) is 12.7. The van der Waals surface area contributed by atoms with Gasteiger partial charge in [0.15, 0.2) is 5.76 Å². The molecule has 0 aliphatic carbocycles. The van der Waals surface area contributed by atoms with E-state index in [1.54, 1.807) is 25.4 Å². The molecule has 3 heterocycles. The Kier molecular flexibility index (Phi) is 5.67. The van der Waals surface area contributed by atoms with Crippen LogP contribution < -0.4 is 10.2 Å². The Morgan fingerprint density at radius 2 is 2.36 bits per heavy atom. The Bertz CT molecular complexity index is 716. The molecule has 0 bridgehead atoms. The zero-order chi connectivity index (χ0) is 17.6. The summed E-state index contributed by atoms with van der Waals surface area (Å²) >= 11 is 0. The predicted molar refractivity (Wildman–Crippen MR) is 92.3 cm³/mol. The number of nitrogens with zero attached hydrogens (tertiary/aromatic N) is 2. The van der Waals surface area contributed by atoms with Gasteiger partial charge in [0.2, 0.25) is 0 Å². The molecule has 0 radical (unpaired) electrons. The quantitative estimate of drug-likeness (QED) is 0.829. The van der Waals surface area contributed by atoms with Gasteiger partial charge in [0, 0.05) is 38.5 Å². The minimum absolute atomic E-state index is 0.255. The van der Waals surface area contributed by atoms with Crippen LogP contribution in [0.25, 0.3) is 0 Å². The molecule has 2 N–H and O–H groups in total. The number of pyridine rings is 1. The standard InChI is InChI=1S/C18H23N3O4/c1-24-12-15-6-7-16(25-15)18(23)20-10-13-4-2-8-19-17(13)21-9-3-5-14(22)11-21/h2,4,6-8,14,22H,3,5,9-12H2,1H3,(H,20,23)/t14-/m0/s1. The molecule has 7 nitrogen and oxygen atoms in total. The fourth-order valence-corrected chi connectivity index (χ4v) is 2.98. The number of hydrogen-bond donors (Lipinski definition) is 2. The molecule has 0 saturated carbocycles. The molecule has 7 heteroatoms. The number of rotatable bonds is 6. The molecule has 2 aromatic heterocycles. The molecule has 1 saturated heterocycles. The highest BCUT2D eigenvalue weighted by atomic mass is 16.5. The normalized spacial score (nSPS) is 17.5. The lowest BCUT2D eigenvalue weighted by atomic mass is 10.1. The topological polar surface area (TPSA) is 87.8 Å². The first-order chi connectivity index (χ1) is 12.2. The molecule has 2 aromatic rings. The maximum Gasteiger partial charge on any atom is 0.287 e. The summed E-state index contributed by atoms with van der Waals surface area (Å²) in [5.74, 6) is 1.39. The number of carbonyl (C=O) groups excluding carboxylic acids is 1. The highest BCUT2D eigenvalue weighted by Crippen LogP contribution is 2.22. The Labute approximate surface area is 146 Å². The number of methoxy groups -OCH3 is 1. The molecular formula is C18H23N3O4. The van der Waals surface area contributed by atoms with Crippen LogP contribution in [0.2, 0.25) is 0 Å². The number of carbonyl (C=O) groups is 1. The van der Waals surface area contributed by atoms with Gasteiger partial charge in [-0.2, -0.15) is 0 Å². The number of ether oxygens (including phenoxy) is 1. The van der Waals surface area contributed by atoms with Crippen molar-refractivity contribution >= 4 is 11.7 Å². The average Bonchev–Trinajstić information content (AvgIpc) is 3.09. The monoisotopic (exact) mass is 345 g/mol. The largest absolute Gasteiger partial charge is 0.453 e. The Morgan fingerprint density at radius 3 is 3.16 bits per heavy atom. The highest BCUT2D eigenvalue weighted by Gasteiger charge is 2.21. The van der Waals surface area contributed by atoms with E-state index in [1.807, 2.05) is 12.1 Å². The van der Waals surface area contributed by atoms with Crippen molar-refractivity contribution < 1.29 is 19.1 Å². The van der Waals surface area contributed by atoms with Crippen LogP contribution in [-0.2, 0) is 17.9 Å². The molecular weight excluding hydrogens is 322 g/mol. The van der Waals surface area contributed by atoms with Crippen LogP contribution in [0.3, 0.4) is 0 Å². The third-order valence-electron chi connectivity index (χ3n) is 4.17. The van der Waals surface area contributed by atoms with Crippen molar-refractivity contribution in [3.05, 3.63) is 47.5 Å². The summed E-state index contributed by atoms with van der Waals surface area (Å²) in [7, 11) is 1.57. The second kappa shape index (κ2) is 8.13. The third-order valence-corrected chi connectivity index (χ3v) is 4.17. The fourth-order valence-electron chi connectivity index (χ4n) is 2.98. The van der Waals surface area contributed by atoms with Crippen molar-refractivity contribution in [1.82, 2.24) is 10.3 Å². The van der Waals surface area contributed by atoms with E-state index in [2.05, 4.69) is 15.2 Å². The van der Waals surface area contributed by atoms with Gasteiger partial charge in [0.05, 0.1) is 6.10 Å². The number of anilines is 1. The fraction of sp³-hybridized carbons (Fsp3) is 0.444. The summed E-state index contributed by atoms with van der Waals surface area (Å²) in [4.78, 5) is 18.8. The number of aromatic nitrogens is 1. The van der Waals surface area contributed by atoms with Crippen molar-refractivity contribution in [2.75, 3.05) is 25.1 Å². The third kappa shape index (κ3) is 4.37. The van der Waals surface area contributed by atoms with Gasteiger partial charge in [-0.3, -0.25) is 4.79 Å². The molecule has 1 atom stereocenters. The van der Waals surface area contributed by atoms with Gasteiger partial charge in [-0.25, -0.2) is 4.98 Å². The molecule has 1 aliphatic heterocycles. The summed E-state index contributed by atoms with van der Waals surface area (Å²) < 4.78 is 10.4. The second-order valence-corrected chi connectivity index (χ2v) is 6.11. The Morgan fingerprint density at radius 1 is 1.48 bits per heavy atom. The maximum atomic E-state index is 12.3. The number of β-amino-alcohol motifs (C(OH)–C–C–N with tert-alkyl or cyclic N) is 1. The predicted octanol–water partition coefficient (Wildman–Crippen LogP) is 1.71. The number of piperidine rings is 1. The molecule has 0 aromatic carbocycles. The summed E-state index contributed by atoms with van der Waals surface area (Å²) in [6.45, 7) is 2.09. The SMILES string of the molecule is COCc1ccc(C(=O)NCc2cccnc2N2CCC[C@H](O)C2)o1. The van der Waals surface area contributed by atoms with Gasteiger partial charge in [0.1, 0.15) is 18.2 Å². The number of aliphatic hydroxyl groups is 1. The van der Waals surface area contributed by atoms with E-state index < -0.39 is 0 Å². The van der Waals surface area contributed by atoms with Crippen LogP contribution in [0.1, 0.15) is 34.7 Å². The first-order valence-electron chi connectivity index (χ1n) is 8.40. The number of furan rings is 1. The molecule has 0 spiro atoms. The van der Waals surface area contributed by atoms with Gasteiger partial charge in [-0.15, -0.1) is 0 Å². The summed E-state index contributed by atoms with van der Waals surface area (Å²) in [5.41, 5.74) is 0.911. The van der Waals surface area contributed by atoms with Gasteiger partial charge < -0.3 is 24.5 Å². The van der Waals surface area contributed by atoms with Crippen molar-refractivity contribution in [2.24, 2.45) is 0 Å². The van der Waals surface area contributed by atoms with E-state index in [4.69, 9.17) is 9.15 Å². The summed E-state index contributed by atoms with van der Waals surface area (Å²) in [6, 6.07) is 7.13. The molecule has 1 amide bonds. The Hall–Kier alpha value is -2.38. The van der Waals surface area contributed by atoms with Crippen LogP contribution in [0.5, 0.6) is 0 Å². The highest BCUT2D eigenvalue weighted by molar-refractivity contribution is 5.91. The van der Waals surface area contributed by atoms with Gasteiger partial charge in [-0.1, -0.05) is 6.07 Å². The zero-order valence-electron chi connectivity index (χ0n) is 14.3. The second-order valence-electron chi connectivity index (χ2n) is 6.11. The van der Waals surface area contributed by atoms with E-state index in [0.717, 1.165) is 30.8 Å². The number of nitrogens with one attached hydrogen (secondary N) is 1. The van der Waals surface area contributed by atoms with Gasteiger partial charge >= 0.3 is 0 Å². The number of amides is 1. The van der Waals surface area contributed by atoms with Gasteiger partial charge in [-0.05, 0) is 31.0 Å². The van der Waals surface area contributed by atoms with E-state index in [0.29, 0.717) is 25.5 Å². The molecule has 134 valence electrons. The van der Waals surface area contributed by atoms with E-state index in [-0.39, 0.29) is 17.8 Å². The van der Waals surface area contributed by atoms with Crippen molar-refractivity contribution in [3.63, 3.8) is 0 Å². The average molecular weight is 345 g/mol. The van der Waals surface area contributed by atoms with Crippen molar-refractivity contribution in [1.29, 1.82) is 0 Å². The number of hydrogen-bond acceptors (Lipinski definition) is 6. The van der Waals surface area contributed by atoms with Crippen LogP contribution in [-0.4, -0.2) is 42.3 Å². The lowest BCUT2D eigenvalue weighted by molar-refractivity contribution is 0.0914. The lowest BCUT2D eigenvalue weighted by Crippen LogP contribution is -2.39. The van der Waals surface area contributed by atoms with Crippen LogP contribution in [0.15, 0.2) is 34.9 Å². The minimum Gasteiger partial charge on any atom is -0.453 e. The Balaban J connectivity index is 1.65. The molecule has 0 unspecified atom stereocenters. The van der Waals surface area contributed by atoms with E-state index in [1.165, 1.54) is 0 Å². The molecule has 1 aliphatic rings.